The Morgan fingerprint density at radius 3 is 2.46 bits per heavy atom. The molecule has 0 N–H and O–H groups in total. The van der Waals surface area contributed by atoms with E-state index in [0.717, 1.165) is 42.1 Å². The van der Waals surface area contributed by atoms with Crippen molar-refractivity contribution in [1.82, 2.24) is 24.6 Å². The van der Waals surface area contributed by atoms with Crippen molar-refractivity contribution in [2.24, 2.45) is 0 Å². The van der Waals surface area contributed by atoms with Crippen molar-refractivity contribution >= 4 is 23.2 Å². The molecule has 3 aromatic rings. The molecular formula is C27H33N5O2S. The Labute approximate surface area is 210 Å². The summed E-state index contributed by atoms with van der Waals surface area (Å²) in [6, 6.07) is 10.2. The number of carbonyl (C=O) groups excluding carboxylic acids is 2. The van der Waals surface area contributed by atoms with Gasteiger partial charge in [-0.2, -0.15) is 5.10 Å². The second-order valence-corrected chi connectivity index (χ2v) is 10.6. The molecule has 3 heterocycles. The van der Waals surface area contributed by atoms with E-state index in [4.69, 9.17) is 4.98 Å². The largest absolute Gasteiger partial charge is 0.338 e. The van der Waals surface area contributed by atoms with Crippen LogP contribution in [0.2, 0.25) is 0 Å². The standard InChI is InChI=1S/C27H33N5O2S/c1-19-23(17-28-32(19)22-11-7-4-8-12-22)26(33)31-15-13-20(14-16-31)25-29-24(18-35-25)27(34)30(2)21-9-5-3-6-10-21/h4,7-8,11-12,17-18,20-21H,3,5-6,9-10,13-16H2,1-2H3. The first kappa shape index (κ1) is 23.7. The highest BCUT2D eigenvalue weighted by molar-refractivity contribution is 7.09. The SMILES string of the molecule is Cc1c(C(=O)N2CCC(c3nc(C(=O)N(C)C4CCCCC4)cs3)CC2)cnn1-c1ccccc1. The van der Waals surface area contributed by atoms with Gasteiger partial charge in [-0.15, -0.1) is 11.3 Å². The minimum atomic E-state index is 0.0345. The Kier molecular flexibility index (Phi) is 7.00. The molecule has 2 aromatic heterocycles. The Hall–Kier alpha value is -3.00. The van der Waals surface area contributed by atoms with E-state index in [1.807, 2.05) is 64.2 Å². The molecule has 2 amide bonds. The Balaban J connectivity index is 1.20. The van der Waals surface area contributed by atoms with Gasteiger partial charge < -0.3 is 9.80 Å². The summed E-state index contributed by atoms with van der Waals surface area (Å²) >= 11 is 1.58. The first-order chi connectivity index (χ1) is 17.0. The zero-order valence-electron chi connectivity index (χ0n) is 20.5. The Morgan fingerprint density at radius 1 is 1.03 bits per heavy atom. The molecule has 2 aliphatic rings. The molecule has 7 nitrogen and oxygen atoms in total. The van der Waals surface area contributed by atoms with E-state index in [-0.39, 0.29) is 11.8 Å². The van der Waals surface area contributed by atoms with Gasteiger partial charge in [-0.05, 0) is 44.7 Å². The van der Waals surface area contributed by atoms with E-state index in [1.54, 1.807) is 17.5 Å². The van der Waals surface area contributed by atoms with Gasteiger partial charge in [0.05, 0.1) is 28.1 Å². The van der Waals surface area contributed by atoms with Gasteiger partial charge in [-0.25, -0.2) is 9.67 Å². The summed E-state index contributed by atoms with van der Waals surface area (Å²) < 4.78 is 1.82. The summed E-state index contributed by atoms with van der Waals surface area (Å²) in [6.07, 6.45) is 9.26. The van der Waals surface area contributed by atoms with Gasteiger partial charge in [0, 0.05) is 37.5 Å². The van der Waals surface area contributed by atoms with Crippen molar-refractivity contribution in [3.05, 3.63) is 63.9 Å². The van der Waals surface area contributed by atoms with Crippen LogP contribution in [0.5, 0.6) is 0 Å². The highest BCUT2D eigenvalue weighted by atomic mass is 32.1. The van der Waals surface area contributed by atoms with E-state index in [2.05, 4.69) is 5.10 Å². The molecule has 184 valence electrons. The predicted molar refractivity (Wildman–Crippen MR) is 137 cm³/mol. The number of piperidine rings is 1. The van der Waals surface area contributed by atoms with Gasteiger partial charge in [-0.1, -0.05) is 37.5 Å². The predicted octanol–water partition coefficient (Wildman–Crippen LogP) is 5.06. The lowest BCUT2D eigenvalue weighted by Crippen LogP contribution is -2.38. The first-order valence-corrected chi connectivity index (χ1v) is 13.5. The summed E-state index contributed by atoms with van der Waals surface area (Å²) in [6.45, 7) is 3.31. The zero-order valence-corrected chi connectivity index (χ0v) is 21.3. The summed E-state index contributed by atoms with van der Waals surface area (Å²) in [5.74, 6) is 0.365. The van der Waals surface area contributed by atoms with Crippen molar-refractivity contribution in [2.75, 3.05) is 20.1 Å². The van der Waals surface area contributed by atoms with Crippen LogP contribution in [0.4, 0.5) is 0 Å². The highest BCUT2D eigenvalue weighted by Crippen LogP contribution is 2.32. The lowest BCUT2D eigenvalue weighted by molar-refractivity contribution is 0.0690. The number of thiazole rings is 1. The topological polar surface area (TPSA) is 71.3 Å². The number of nitrogens with zero attached hydrogens (tertiary/aromatic N) is 5. The maximum atomic E-state index is 13.2. The molecule has 0 unspecified atom stereocenters. The van der Waals surface area contributed by atoms with Crippen molar-refractivity contribution in [1.29, 1.82) is 0 Å². The van der Waals surface area contributed by atoms with Crippen LogP contribution >= 0.6 is 11.3 Å². The minimum Gasteiger partial charge on any atom is -0.338 e. The van der Waals surface area contributed by atoms with Crippen LogP contribution in [-0.4, -0.2) is 62.6 Å². The van der Waals surface area contributed by atoms with E-state index in [0.29, 0.717) is 36.3 Å². The zero-order chi connectivity index (χ0) is 24.4. The average molecular weight is 492 g/mol. The summed E-state index contributed by atoms with van der Waals surface area (Å²) in [4.78, 5) is 34.8. The van der Waals surface area contributed by atoms with Crippen LogP contribution < -0.4 is 0 Å². The molecule has 5 rings (SSSR count). The second kappa shape index (κ2) is 10.3. The number of amides is 2. The number of para-hydroxylation sites is 1. The first-order valence-electron chi connectivity index (χ1n) is 12.6. The number of hydrogen-bond acceptors (Lipinski definition) is 5. The molecule has 0 atom stereocenters. The van der Waals surface area contributed by atoms with Gasteiger partial charge in [0.2, 0.25) is 0 Å². The van der Waals surface area contributed by atoms with Gasteiger partial charge in [-0.3, -0.25) is 9.59 Å². The van der Waals surface area contributed by atoms with Crippen molar-refractivity contribution in [3.63, 3.8) is 0 Å². The Morgan fingerprint density at radius 2 is 1.74 bits per heavy atom. The lowest BCUT2D eigenvalue weighted by Gasteiger charge is -2.31. The van der Waals surface area contributed by atoms with Crippen molar-refractivity contribution in [2.45, 2.75) is 63.8 Å². The molecule has 0 radical (unpaired) electrons. The third kappa shape index (κ3) is 4.89. The fourth-order valence-electron chi connectivity index (χ4n) is 5.34. The highest BCUT2D eigenvalue weighted by Gasteiger charge is 2.30. The van der Waals surface area contributed by atoms with Crippen LogP contribution in [-0.2, 0) is 0 Å². The molecule has 1 aromatic carbocycles. The number of carbonyl (C=O) groups is 2. The van der Waals surface area contributed by atoms with E-state index in [1.165, 1.54) is 19.3 Å². The van der Waals surface area contributed by atoms with E-state index in [9.17, 15) is 9.59 Å². The van der Waals surface area contributed by atoms with Crippen LogP contribution in [0.15, 0.2) is 41.9 Å². The number of hydrogen-bond donors (Lipinski definition) is 0. The van der Waals surface area contributed by atoms with Crippen LogP contribution in [0.25, 0.3) is 5.69 Å². The molecule has 1 saturated heterocycles. The maximum Gasteiger partial charge on any atom is 0.273 e. The van der Waals surface area contributed by atoms with Crippen LogP contribution in [0.1, 0.15) is 82.4 Å². The molecule has 35 heavy (non-hydrogen) atoms. The van der Waals surface area contributed by atoms with Crippen molar-refractivity contribution in [3.8, 4) is 5.69 Å². The average Bonchev–Trinajstić information content (AvgIpc) is 3.56. The summed E-state index contributed by atoms with van der Waals surface area (Å²) in [5, 5.41) is 7.39. The smallest absolute Gasteiger partial charge is 0.273 e. The minimum absolute atomic E-state index is 0.0345. The number of aromatic nitrogens is 3. The van der Waals surface area contributed by atoms with Crippen LogP contribution in [0.3, 0.4) is 0 Å². The maximum absolute atomic E-state index is 13.2. The number of benzene rings is 1. The fraction of sp³-hybridized carbons (Fsp3) is 0.481. The van der Waals surface area contributed by atoms with E-state index < -0.39 is 0 Å². The Bertz CT molecular complexity index is 1170. The summed E-state index contributed by atoms with van der Waals surface area (Å²) in [7, 11) is 1.92. The molecule has 8 heteroatoms. The second-order valence-electron chi connectivity index (χ2n) is 9.74. The van der Waals surface area contributed by atoms with Gasteiger partial charge in [0.15, 0.2) is 0 Å². The molecule has 1 aliphatic carbocycles. The molecule has 0 spiro atoms. The quantitative estimate of drug-likeness (QED) is 0.500. The number of rotatable bonds is 5. The summed E-state index contributed by atoms with van der Waals surface area (Å²) in [5.41, 5.74) is 3.03. The monoisotopic (exact) mass is 491 g/mol. The number of likely N-dealkylation sites (tertiary alicyclic amines) is 1. The molecule has 0 bridgehead atoms. The molecular weight excluding hydrogens is 458 g/mol. The third-order valence-corrected chi connectivity index (χ3v) is 8.56. The molecule has 1 aliphatic heterocycles. The van der Waals surface area contributed by atoms with Gasteiger partial charge >= 0.3 is 0 Å². The fourth-order valence-corrected chi connectivity index (χ4v) is 6.30. The lowest BCUT2D eigenvalue weighted by atomic mass is 9.94. The van der Waals surface area contributed by atoms with Gasteiger partial charge in [0.1, 0.15) is 5.69 Å². The normalized spacial score (nSPS) is 17.5. The van der Waals surface area contributed by atoms with E-state index >= 15 is 0 Å². The molecule has 2 fully saturated rings. The van der Waals surface area contributed by atoms with Gasteiger partial charge in [0.25, 0.3) is 11.8 Å². The van der Waals surface area contributed by atoms with Crippen molar-refractivity contribution < 1.29 is 9.59 Å². The van der Waals surface area contributed by atoms with Crippen LogP contribution in [0, 0.1) is 6.92 Å². The third-order valence-electron chi connectivity index (χ3n) is 7.56. The molecule has 1 saturated carbocycles.